The van der Waals surface area contributed by atoms with Gasteiger partial charge in [0.15, 0.2) is 5.16 Å². The summed E-state index contributed by atoms with van der Waals surface area (Å²) >= 11 is 1.46. The molecule has 0 saturated carbocycles. The van der Waals surface area contributed by atoms with E-state index in [1.54, 1.807) is 6.92 Å². The topological polar surface area (TPSA) is 87.3 Å². The number of fused-ring (bicyclic) bond motifs is 1. The summed E-state index contributed by atoms with van der Waals surface area (Å²) in [4.78, 5) is 35.2. The van der Waals surface area contributed by atoms with Crippen molar-refractivity contribution in [2.75, 3.05) is 36.7 Å². The van der Waals surface area contributed by atoms with Gasteiger partial charge in [0.05, 0.1) is 23.7 Å². The van der Waals surface area contributed by atoms with E-state index in [4.69, 9.17) is 4.74 Å². The molecular weight excluding hydrogens is 388 g/mol. The molecular formula is C21H26N4O3S. The Bertz CT molecular complexity index is 996. The quantitative estimate of drug-likeness (QED) is 0.426. The lowest BCUT2D eigenvalue weighted by Crippen LogP contribution is -2.31. The molecule has 3 rings (SSSR count). The van der Waals surface area contributed by atoms with Gasteiger partial charge in [-0.25, -0.2) is 9.78 Å². The molecule has 0 radical (unpaired) electrons. The van der Waals surface area contributed by atoms with E-state index in [1.807, 2.05) is 57.1 Å². The molecule has 8 heteroatoms. The van der Waals surface area contributed by atoms with E-state index in [0.717, 1.165) is 17.0 Å². The summed E-state index contributed by atoms with van der Waals surface area (Å²) in [5.41, 5.74) is 3.11. The highest BCUT2D eigenvalue weighted by molar-refractivity contribution is 7.99. The Kier molecular flexibility index (Phi) is 6.32. The first-order chi connectivity index (χ1) is 13.9. The van der Waals surface area contributed by atoms with Crippen LogP contribution in [0.5, 0.6) is 0 Å². The zero-order valence-corrected chi connectivity index (χ0v) is 18.1. The number of benzene rings is 1. The molecule has 0 fully saturated rings. The van der Waals surface area contributed by atoms with Crippen LogP contribution < -0.4 is 15.8 Å². The molecule has 2 N–H and O–H groups in total. The predicted octanol–water partition coefficient (Wildman–Crippen LogP) is 3.34. The molecule has 0 saturated heterocycles. The number of carbonyl (C=O) groups excluding carboxylic acids is 1. The molecule has 1 aromatic heterocycles. The van der Waals surface area contributed by atoms with E-state index in [0.29, 0.717) is 27.8 Å². The van der Waals surface area contributed by atoms with Crippen molar-refractivity contribution in [3.05, 3.63) is 57.0 Å². The number of esters is 1. The number of rotatable bonds is 6. The Balaban J connectivity index is 2.20. The van der Waals surface area contributed by atoms with Crippen molar-refractivity contribution >= 4 is 29.2 Å². The van der Waals surface area contributed by atoms with Crippen molar-refractivity contribution in [2.45, 2.75) is 31.8 Å². The Morgan fingerprint density at radius 3 is 2.52 bits per heavy atom. The highest BCUT2D eigenvalue weighted by atomic mass is 32.2. The normalized spacial score (nSPS) is 15.6. The van der Waals surface area contributed by atoms with Crippen LogP contribution in [0.1, 0.15) is 37.8 Å². The second-order valence-electron chi connectivity index (χ2n) is 6.87. The predicted molar refractivity (Wildman–Crippen MR) is 117 cm³/mol. The fraction of sp³-hybridized carbons (Fsp3) is 0.381. The zero-order valence-electron chi connectivity index (χ0n) is 17.3. The highest BCUT2D eigenvalue weighted by Gasteiger charge is 2.36. The van der Waals surface area contributed by atoms with Crippen LogP contribution in [-0.4, -0.2) is 42.4 Å². The molecule has 1 atom stereocenters. The standard InChI is InChI=1S/C21H26N4O3S/c1-6-28-20(27)15-12(3)22-18-17(19(26)24-21(23-18)29-7-2)16(15)13-8-10-14(11-9-13)25(4)5/h8-11,16H,6-7H2,1-5H3,(H2,22,23,24,26). The molecule has 1 aromatic carbocycles. The van der Waals surface area contributed by atoms with Crippen LogP contribution in [0.4, 0.5) is 11.5 Å². The molecule has 0 amide bonds. The minimum absolute atomic E-state index is 0.255. The van der Waals surface area contributed by atoms with Crippen LogP contribution >= 0.6 is 11.8 Å². The Morgan fingerprint density at radius 2 is 1.93 bits per heavy atom. The highest BCUT2D eigenvalue weighted by Crippen LogP contribution is 2.40. The van der Waals surface area contributed by atoms with Gasteiger partial charge in [-0.15, -0.1) is 0 Å². The molecule has 0 spiro atoms. The van der Waals surface area contributed by atoms with Crippen molar-refractivity contribution in [1.29, 1.82) is 0 Å². The summed E-state index contributed by atoms with van der Waals surface area (Å²) in [5, 5.41) is 3.70. The lowest BCUT2D eigenvalue weighted by atomic mass is 9.82. The lowest BCUT2D eigenvalue weighted by molar-refractivity contribution is -0.138. The van der Waals surface area contributed by atoms with Crippen LogP contribution in [-0.2, 0) is 9.53 Å². The second kappa shape index (κ2) is 8.73. The Labute approximate surface area is 174 Å². The number of aromatic nitrogens is 2. The molecule has 1 aliphatic heterocycles. The summed E-state index contributed by atoms with van der Waals surface area (Å²) < 4.78 is 5.30. The molecule has 2 heterocycles. The van der Waals surface area contributed by atoms with Crippen LogP contribution in [0, 0.1) is 0 Å². The average Bonchev–Trinajstić information content (AvgIpc) is 2.67. The SMILES string of the molecule is CCOC(=O)C1=C(C)Nc2nc(SCC)[nH]c(=O)c2C1c1ccc(N(C)C)cc1. The average molecular weight is 415 g/mol. The largest absolute Gasteiger partial charge is 0.463 e. The van der Waals surface area contributed by atoms with Crippen LogP contribution in [0.2, 0.25) is 0 Å². The monoisotopic (exact) mass is 414 g/mol. The first kappa shape index (κ1) is 21.0. The number of anilines is 2. The summed E-state index contributed by atoms with van der Waals surface area (Å²) in [6, 6.07) is 7.82. The van der Waals surface area contributed by atoms with Gasteiger partial charge in [0.25, 0.3) is 5.56 Å². The number of hydrogen-bond donors (Lipinski definition) is 2. The summed E-state index contributed by atoms with van der Waals surface area (Å²) in [7, 11) is 3.93. The van der Waals surface area contributed by atoms with Crippen LogP contribution in [0.3, 0.4) is 0 Å². The molecule has 29 heavy (non-hydrogen) atoms. The third-order valence-electron chi connectivity index (χ3n) is 4.74. The van der Waals surface area contributed by atoms with E-state index >= 15 is 0 Å². The van der Waals surface area contributed by atoms with Crippen molar-refractivity contribution < 1.29 is 9.53 Å². The van der Waals surface area contributed by atoms with Gasteiger partial charge in [-0.05, 0) is 37.3 Å². The van der Waals surface area contributed by atoms with E-state index in [1.165, 1.54) is 11.8 Å². The molecule has 154 valence electrons. The van der Waals surface area contributed by atoms with Gasteiger partial charge in [0, 0.05) is 25.5 Å². The molecule has 7 nitrogen and oxygen atoms in total. The van der Waals surface area contributed by atoms with Gasteiger partial charge >= 0.3 is 5.97 Å². The third kappa shape index (κ3) is 4.17. The van der Waals surface area contributed by atoms with Crippen molar-refractivity contribution in [1.82, 2.24) is 9.97 Å². The molecule has 0 bridgehead atoms. The lowest BCUT2D eigenvalue weighted by Gasteiger charge is -2.29. The number of hydrogen-bond acceptors (Lipinski definition) is 7. The maximum atomic E-state index is 13.0. The zero-order chi connectivity index (χ0) is 21.1. The molecule has 2 aromatic rings. The fourth-order valence-corrected chi connectivity index (χ4v) is 4.01. The number of ether oxygens (including phenoxy) is 1. The fourth-order valence-electron chi connectivity index (χ4n) is 3.41. The van der Waals surface area contributed by atoms with E-state index < -0.39 is 11.9 Å². The summed E-state index contributed by atoms with van der Waals surface area (Å²) in [6.07, 6.45) is 0. The number of aromatic amines is 1. The van der Waals surface area contributed by atoms with E-state index in [2.05, 4.69) is 15.3 Å². The van der Waals surface area contributed by atoms with Crippen LogP contribution in [0.25, 0.3) is 0 Å². The van der Waals surface area contributed by atoms with E-state index in [9.17, 15) is 9.59 Å². The number of nitrogens with zero attached hydrogens (tertiary/aromatic N) is 2. The molecule has 0 aliphatic carbocycles. The molecule has 1 unspecified atom stereocenters. The van der Waals surface area contributed by atoms with Crippen molar-refractivity contribution in [3.63, 3.8) is 0 Å². The maximum absolute atomic E-state index is 13.0. The van der Waals surface area contributed by atoms with E-state index in [-0.39, 0.29) is 12.2 Å². The number of carbonyl (C=O) groups is 1. The van der Waals surface area contributed by atoms with Gasteiger partial charge in [0.1, 0.15) is 5.82 Å². The number of nitrogens with one attached hydrogen (secondary N) is 2. The van der Waals surface area contributed by atoms with Gasteiger partial charge in [-0.3, -0.25) is 4.79 Å². The summed E-state index contributed by atoms with van der Waals surface area (Å²) in [6.45, 7) is 5.83. The number of allylic oxidation sites excluding steroid dienone is 1. The van der Waals surface area contributed by atoms with Gasteiger partial charge in [-0.2, -0.15) is 0 Å². The minimum Gasteiger partial charge on any atom is -0.463 e. The Morgan fingerprint density at radius 1 is 1.24 bits per heavy atom. The third-order valence-corrected chi connectivity index (χ3v) is 5.50. The van der Waals surface area contributed by atoms with Crippen molar-refractivity contribution in [2.24, 2.45) is 0 Å². The minimum atomic E-state index is -0.557. The first-order valence-corrected chi connectivity index (χ1v) is 10.5. The Hall–Kier alpha value is -2.74. The van der Waals surface area contributed by atoms with Gasteiger partial charge in [0.2, 0.25) is 0 Å². The number of thioether (sulfide) groups is 1. The smallest absolute Gasteiger partial charge is 0.336 e. The van der Waals surface area contributed by atoms with Gasteiger partial charge in [-0.1, -0.05) is 30.8 Å². The van der Waals surface area contributed by atoms with Gasteiger partial charge < -0.3 is 19.9 Å². The summed E-state index contributed by atoms with van der Waals surface area (Å²) in [5.74, 6) is 0.284. The van der Waals surface area contributed by atoms with Crippen LogP contribution in [0.15, 0.2) is 45.5 Å². The number of H-pyrrole nitrogens is 1. The molecule has 1 aliphatic rings. The van der Waals surface area contributed by atoms with Crippen molar-refractivity contribution in [3.8, 4) is 0 Å². The second-order valence-corrected chi connectivity index (χ2v) is 8.12. The maximum Gasteiger partial charge on any atom is 0.336 e. The first-order valence-electron chi connectivity index (χ1n) is 9.56.